The zero-order valence-corrected chi connectivity index (χ0v) is 11.1. The second-order valence-corrected chi connectivity index (χ2v) is 5.04. The van der Waals surface area contributed by atoms with Crippen LogP contribution in [0.5, 0.6) is 0 Å². The standard InChI is InChI=1S/C18H16O2/c19-14-18(13-15-7-3-1-4-8-15)12-11-17(20-18)16-9-5-2-6-10-16/h1-12,14,17H,13H2. The van der Waals surface area contributed by atoms with Gasteiger partial charge in [-0.2, -0.15) is 0 Å². The fourth-order valence-electron chi connectivity index (χ4n) is 2.51. The van der Waals surface area contributed by atoms with Gasteiger partial charge in [0.15, 0.2) is 6.29 Å². The van der Waals surface area contributed by atoms with Crippen molar-refractivity contribution in [3.8, 4) is 0 Å². The van der Waals surface area contributed by atoms with Gasteiger partial charge in [0.2, 0.25) is 0 Å². The molecule has 0 aliphatic carbocycles. The molecule has 0 radical (unpaired) electrons. The lowest BCUT2D eigenvalue weighted by Gasteiger charge is -2.23. The Bertz CT molecular complexity index is 604. The molecule has 100 valence electrons. The molecule has 0 amide bonds. The van der Waals surface area contributed by atoms with E-state index in [0.29, 0.717) is 6.42 Å². The summed E-state index contributed by atoms with van der Waals surface area (Å²) >= 11 is 0. The lowest BCUT2D eigenvalue weighted by atomic mass is 9.96. The SMILES string of the molecule is O=CC1(Cc2ccccc2)C=CC(c2ccccc2)O1. The van der Waals surface area contributed by atoms with Crippen LogP contribution in [-0.4, -0.2) is 11.9 Å². The summed E-state index contributed by atoms with van der Waals surface area (Å²) in [6.07, 6.45) is 5.17. The van der Waals surface area contributed by atoms with Crippen molar-refractivity contribution in [1.82, 2.24) is 0 Å². The second kappa shape index (κ2) is 5.43. The predicted molar refractivity (Wildman–Crippen MR) is 78.3 cm³/mol. The monoisotopic (exact) mass is 264 g/mol. The van der Waals surface area contributed by atoms with E-state index in [2.05, 4.69) is 0 Å². The van der Waals surface area contributed by atoms with Crippen LogP contribution in [0.1, 0.15) is 17.2 Å². The number of benzene rings is 2. The maximum Gasteiger partial charge on any atom is 0.156 e. The molecular weight excluding hydrogens is 248 g/mol. The topological polar surface area (TPSA) is 26.3 Å². The van der Waals surface area contributed by atoms with E-state index in [0.717, 1.165) is 17.4 Å². The van der Waals surface area contributed by atoms with E-state index in [-0.39, 0.29) is 6.10 Å². The van der Waals surface area contributed by atoms with E-state index in [1.54, 1.807) is 0 Å². The van der Waals surface area contributed by atoms with E-state index in [9.17, 15) is 4.79 Å². The molecule has 2 heteroatoms. The van der Waals surface area contributed by atoms with Crippen molar-refractivity contribution in [2.75, 3.05) is 0 Å². The van der Waals surface area contributed by atoms with Crippen molar-refractivity contribution in [3.63, 3.8) is 0 Å². The molecule has 0 saturated heterocycles. The first-order chi connectivity index (χ1) is 9.81. The second-order valence-electron chi connectivity index (χ2n) is 5.04. The van der Waals surface area contributed by atoms with E-state index in [1.165, 1.54) is 0 Å². The molecule has 2 nitrogen and oxygen atoms in total. The summed E-state index contributed by atoms with van der Waals surface area (Å²) in [6, 6.07) is 19.9. The Kier molecular flexibility index (Phi) is 3.48. The van der Waals surface area contributed by atoms with Crippen LogP contribution in [0.4, 0.5) is 0 Å². The third-order valence-corrected chi connectivity index (χ3v) is 3.55. The molecule has 0 spiro atoms. The number of aldehydes is 1. The maximum atomic E-state index is 11.5. The van der Waals surface area contributed by atoms with Gasteiger partial charge in [0.25, 0.3) is 0 Å². The summed E-state index contributed by atoms with van der Waals surface area (Å²) < 4.78 is 6.01. The molecule has 2 atom stereocenters. The van der Waals surface area contributed by atoms with Crippen molar-refractivity contribution >= 4 is 6.29 Å². The van der Waals surface area contributed by atoms with Crippen molar-refractivity contribution in [1.29, 1.82) is 0 Å². The first-order valence-electron chi connectivity index (χ1n) is 6.74. The molecule has 20 heavy (non-hydrogen) atoms. The lowest BCUT2D eigenvalue weighted by Crippen LogP contribution is -2.32. The summed E-state index contributed by atoms with van der Waals surface area (Å²) in [5.74, 6) is 0. The van der Waals surface area contributed by atoms with Crippen LogP contribution >= 0.6 is 0 Å². The van der Waals surface area contributed by atoms with Crippen molar-refractivity contribution in [2.24, 2.45) is 0 Å². The summed E-state index contributed by atoms with van der Waals surface area (Å²) in [4.78, 5) is 11.5. The predicted octanol–water partition coefficient (Wildman–Crippen LogP) is 3.49. The van der Waals surface area contributed by atoms with Crippen LogP contribution in [0.3, 0.4) is 0 Å². The highest BCUT2D eigenvalue weighted by atomic mass is 16.5. The van der Waals surface area contributed by atoms with Gasteiger partial charge in [0.05, 0.1) is 0 Å². The highest BCUT2D eigenvalue weighted by Crippen LogP contribution is 2.34. The largest absolute Gasteiger partial charge is 0.351 e. The quantitative estimate of drug-likeness (QED) is 0.624. The zero-order chi connectivity index (χ0) is 13.8. The molecule has 1 aliphatic heterocycles. The summed E-state index contributed by atoms with van der Waals surface area (Å²) in [7, 11) is 0. The molecule has 1 heterocycles. The molecule has 0 saturated carbocycles. The van der Waals surface area contributed by atoms with E-state index < -0.39 is 5.60 Å². The number of rotatable bonds is 4. The van der Waals surface area contributed by atoms with Gasteiger partial charge in [-0.05, 0) is 17.2 Å². The smallest absolute Gasteiger partial charge is 0.156 e. The molecule has 0 N–H and O–H groups in total. The zero-order valence-electron chi connectivity index (χ0n) is 11.1. The Morgan fingerprint density at radius 1 is 1.00 bits per heavy atom. The fourth-order valence-corrected chi connectivity index (χ4v) is 2.51. The normalized spacial score (nSPS) is 24.7. The minimum absolute atomic E-state index is 0.148. The Morgan fingerprint density at radius 3 is 2.30 bits per heavy atom. The molecular formula is C18H16O2. The Labute approximate surface area is 118 Å². The van der Waals surface area contributed by atoms with Crippen LogP contribution in [0.15, 0.2) is 72.8 Å². The maximum absolute atomic E-state index is 11.5. The number of hydrogen-bond donors (Lipinski definition) is 0. The third-order valence-electron chi connectivity index (χ3n) is 3.55. The van der Waals surface area contributed by atoms with Gasteiger partial charge in [0.1, 0.15) is 11.7 Å². The first kappa shape index (κ1) is 12.8. The fraction of sp³-hybridized carbons (Fsp3) is 0.167. The molecule has 0 fully saturated rings. The molecule has 2 unspecified atom stereocenters. The molecule has 1 aliphatic rings. The molecule has 2 aromatic carbocycles. The number of carbonyl (C=O) groups excluding carboxylic acids is 1. The van der Waals surface area contributed by atoms with Crippen LogP contribution in [0, 0.1) is 0 Å². The summed E-state index contributed by atoms with van der Waals surface area (Å²) in [6.45, 7) is 0. The van der Waals surface area contributed by atoms with Crippen molar-refractivity contribution in [2.45, 2.75) is 18.1 Å². The Morgan fingerprint density at radius 2 is 1.65 bits per heavy atom. The van der Waals surface area contributed by atoms with E-state index in [4.69, 9.17) is 4.74 Å². The highest BCUT2D eigenvalue weighted by Gasteiger charge is 2.36. The van der Waals surface area contributed by atoms with Gasteiger partial charge in [0, 0.05) is 6.42 Å². The Hall–Kier alpha value is -2.19. The van der Waals surface area contributed by atoms with Crippen LogP contribution in [0.25, 0.3) is 0 Å². The van der Waals surface area contributed by atoms with E-state index >= 15 is 0 Å². The number of carbonyl (C=O) groups is 1. The summed E-state index contributed by atoms with van der Waals surface area (Å²) in [5.41, 5.74) is 1.32. The minimum Gasteiger partial charge on any atom is -0.351 e. The lowest BCUT2D eigenvalue weighted by molar-refractivity contribution is -0.126. The van der Waals surface area contributed by atoms with Crippen LogP contribution in [-0.2, 0) is 16.0 Å². The molecule has 0 aromatic heterocycles. The molecule has 3 rings (SSSR count). The number of ether oxygens (including phenoxy) is 1. The number of hydrogen-bond acceptors (Lipinski definition) is 2. The van der Waals surface area contributed by atoms with Crippen molar-refractivity contribution in [3.05, 3.63) is 83.9 Å². The van der Waals surface area contributed by atoms with Crippen molar-refractivity contribution < 1.29 is 9.53 Å². The van der Waals surface area contributed by atoms with Gasteiger partial charge in [-0.3, -0.25) is 4.79 Å². The van der Waals surface area contributed by atoms with Crippen LogP contribution < -0.4 is 0 Å². The third kappa shape index (κ3) is 2.56. The molecule has 2 aromatic rings. The molecule has 0 bridgehead atoms. The summed E-state index contributed by atoms with van der Waals surface area (Å²) in [5, 5.41) is 0. The average molecular weight is 264 g/mol. The van der Waals surface area contributed by atoms with Gasteiger partial charge in [-0.1, -0.05) is 66.7 Å². The average Bonchev–Trinajstić information content (AvgIpc) is 2.94. The van der Waals surface area contributed by atoms with E-state index in [1.807, 2.05) is 72.8 Å². The van der Waals surface area contributed by atoms with Gasteiger partial charge in [-0.25, -0.2) is 0 Å². The van der Waals surface area contributed by atoms with Gasteiger partial charge in [-0.15, -0.1) is 0 Å². The highest BCUT2D eigenvalue weighted by molar-refractivity contribution is 5.68. The Balaban J connectivity index is 1.80. The first-order valence-corrected chi connectivity index (χ1v) is 6.74. The minimum atomic E-state index is -0.845. The van der Waals surface area contributed by atoms with Crippen LogP contribution in [0.2, 0.25) is 0 Å². The van der Waals surface area contributed by atoms with Gasteiger partial charge < -0.3 is 4.74 Å². The van der Waals surface area contributed by atoms with Gasteiger partial charge >= 0.3 is 0 Å².